The van der Waals surface area contributed by atoms with Gasteiger partial charge in [-0.3, -0.25) is 4.79 Å². The first kappa shape index (κ1) is 11.0. The van der Waals surface area contributed by atoms with E-state index in [0.717, 1.165) is 34.6 Å². The fourth-order valence-corrected chi connectivity index (χ4v) is 2.71. The van der Waals surface area contributed by atoms with E-state index in [4.69, 9.17) is 0 Å². The molecule has 1 saturated heterocycles. The Morgan fingerprint density at radius 3 is 2.40 bits per heavy atom. The van der Waals surface area contributed by atoms with Gasteiger partial charge in [0.05, 0.1) is 0 Å². The summed E-state index contributed by atoms with van der Waals surface area (Å²) in [5, 5.41) is 0. The zero-order valence-corrected chi connectivity index (χ0v) is 10.7. The summed E-state index contributed by atoms with van der Waals surface area (Å²) < 4.78 is 1.01. The molecule has 80 valence electrons. The first-order chi connectivity index (χ1) is 7.27. The van der Waals surface area contributed by atoms with Crippen molar-refractivity contribution in [3.8, 4) is 0 Å². The largest absolute Gasteiger partial charge is 0.337 e. The van der Waals surface area contributed by atoms with Gasteiger partial charge in [-0.1, -0.05) is 15.9 Å². The summed E-state index contributed by atoms with van der Waals surface area (Å²) in [6, 6.07) is 7.56. The van der Waals surface area contributed by atoms with E-state index in [2.05, 4.69) is 15.9 Å². The summed E-state index contributed by atoms with van der Waals surface area (Å²) in [6.07, 6.45) is 0. The lowest BCUT2D eigenvalue weighted by atomic mass is 10.2. The van der Waals surface area contributed by atoms with Crippen molar-refractivity contribution < 1.29 is 4.79 Å². The normalized spacial score (nSPS) is 16.5. The van der Waals surface area contributed by atoms with Gasteiger partial charge in [0.1, 0.15) is 0 Å². The monoisotopic (exact) mass is 285 g/mol. The number of thioether (sulfide) groups is 1. The van der Waals surface area contributed by atoms with Gasteiger partial charge in [0.25, 0.3) is 5.91 Å². The van der Waals surface area contributed by atoms with Gasteiger partial charge in [-0.15, -0.1) is 0 Å². The highest BCUT2D eigenvalue weighted by atomic mass is 79.9. The van der Waals surface area contributed by atoms with Gasteiger partial charge >= 0.3 is 0 Å². The van der Waals surface area contributed by atoms with Crippen molar-refractivity contribution in [2.24, 2.45) is 0 Å². The van der Waals surface area contributed by atoms with Gasteiger partial charge in [0, 0.05) is 34.6 Å². The third-order valence-electron chi connectivity index (χ3n) is 2.39. The maximum absolute atomic E-state index is 12.0. The molecule has 1 aromatic rings. The summed E-state index contributed by atoms with van der Waals surface area (Å²) in [4.78, 5) is 13.9. The quantitative estimate of drug-likeness (QED) is 0.791. The Morgan fingerprint density at radius 2 is 1.80 bits per heavy atom. The van der Waals surface area contributed by atoms with Crippen LogP contribution in [0.2, 0.25) is 0 Å². The number of halogens is 1. The molecule has 0 saturated carbocycles. The summed E-state index contributed by atoms with van der Waals surface area (Å²) in [7, 11) is 0. The molecule has 1 amide bonds. The van der Waals surface area contributed by atoms with Gasteiger partial charge in [-0.05, 0) is 24.3 Å². The van der Waals surface area contributed by atoms with Crippen LogP contribution < -0.4 is 0 Å². The van der Waals surface area contributed by atoms with Gasteiger partial charge in [-0.25, -0.2) is 0 Å². The van der Waals surface area contributed by atoms with E-state index in [1.807, 2.05) is 40.9 Å². The van der Waals surface area contributed by atoms with E-state index in [1.54, 1.807) is 0 Å². The number of carbonyl (C=O) groups is 1. The summed E-state index contributed by atoms with van der Waals surface area (Å²) in [6.45, 7) is 1.75. The average molecular weight is 286 g/mol. The summed E-state index contributed by atoms with van der Waals surface area (Å²) in [5.41, 5.74) is 0.783. The molecular formula is C11H12BrNOS. The van der Waals surface area contributed by atoms with Crippen LogP contribution in [-0.4, -0.2) is 35.4 Å². The fraction of sp³-hybridized carbons (Fsp3) is 0.364. The highest BCUT2D eigenvalue weighted by molar-refractivity contribution is 9.10. The molecule has 0 aliphatic carbocycles. The first-order valence-electron chi connectivity index (χ1n) is 4.90. The van der Waals surface area contributed by atoms with Gasteiger partial charge in [0.15, 0.2) is 0 Å². The van der Waals surface area contributed by atoms with E-state index >= 15 is 0 Å². The van der Waals surface area contributed by atoms with E-state index in [-0.39, 0.29) is 5.91 Å². The van der Waals surface area contributed by atoms with Gasteiger partial charge in [-0.2, -0.15) is 11.8 Å². The lowest BCUT2D eigenvalue weighted by molar-refractivity contribution is 0.0772. The SMILES string of the molecule is O=C(c1ccc(Br)cc1)N1CCSCC1. The van der Waals surface area contributed by atoms with Crippen molar-refractivity contribution in [2.75, 3.05) is 24.6 Å². The molecule has 0 spiro atoms. The van der Waals surface area contributed by atoms with Crippen molar-refractivity contribution >= 4 is 33.6 Å². The number of amides is 1. The third-order valence-corrected chi connectivity index (χ3v) is 3.86. The van der Waals surface area contributed by atoms with Crippen LogP contribution in [0.25, 0.3) is 0 Å². The number of nitrogens with zero attached hydrogens (tertiary/aromatic N) is 1. The van der Waals surface area contributed by atoms with Crippen LogP contribution in [-0.2, 0) is 0 Å². The molecule has 0 bridgehead atoms. The Labute approximate surface area is 102 Å². The molecule has 0 aromatic heterocycles. The van der Waals surface area contributed by atoms with Crippen molar-refractivity contribution in [3.05, 3.63) is 34.3 Å². The fourth-order valence-electron chi connectivity index (χ4n) is 1.54. The maximum atomic E-state index is 12.0. The Kier molecular flexibility index (Phi) is 3.70. The molecule has 1 aliphatic rings. The van der Waals surface area contributed by atoms with Crippen molar-refractivity contribution in [1.82, 2.24) is 4.90 Å². The predicted octanol–water partition coefficient (Wildman–Crippen LogP) is 2.64. The van der Waals surface area contributed by atoms with Crippen molar-refractivity contribution in [2.45, 2.75) is 0 Å². The zero-order chi connectivity index (χ0) is 10.7. The number of carbonyl (C=O) groups excluding carboxylic acids is 1. The minimum absolute atomic E-state index is 0.155. The van der Waals surface area contributed by atoms with Crippen molar-refractivity contribution in [1.29, 1.82) is 0 Å². The summed E-state index contributed by atoms with van der Waals surface area (Å²) >= 11 is 5.27. The Bertz CT molecular complexity index is 346. The average Bonchev–Trinajstić information content (AvgIpc) is 2.30. The van der Waals surface area contributed by atoms with Crippen LogP contribution in [0.15, 0.2) is 28.7 Å². The molecule has 1 fully saturated rings. The molecule has 0 atom stereocenters. The van der Waals surface area contributed by atoms with Crippen LogP contribution in [0.5, 0.6) is 0 Å². The number of hydrogen-bond donors (Lipinski definition) is 0. The second-order valence-electron chi connectivity index (χ2n) is 3.41. The highest BCUT2D eigenvalue weighted by Crippen LogP contribution is 2.15. The molecule has 0 radical (unpaired) electrons. The van der Waals surface area contributed by atoms with Crippen molar-refractivity contribution in [3.63, 3.8) is 0 Å². The third kappa shape index (κ3) is 2.75. The molecule has 1 aliphatic heterocycles. The molecule has 0 N–H and O–H groups in total. The maximum Gasteiger partial charge on any atom is 0.253 e. The van der Waals surface area contributed by atoms with Crippen LogP contribution >= 0.6 is 27.7 Å². The van der Waals surface area contributed by atoms with E-state index in [1.165, 1.54) is 0 Å². The highest BCUT2D eigenvalue weighted by Gasteiger charge is 2.17. The van der Waals surface area contributed by atoms with E-state index < -0.39 is 0 Å². The molecular weight excluding hydrogens is 274 g/mol. The smallest absolute Gasteiger partial charge is 0.253 e. The lowest BCUT2D eigenvalue weighted by Gasteiger charge is -2.26. The Hall–Kier alpha value is -0.480. The molecule has 1 heterocycles. The van der Waals surface area contributed by atoms with Crippen LogP contribution in [0.4, 0.5) is 0 Å². The molecule has 4 heteroatoms. The molecule has 0 unspecified atom stereocenters. The lowest BCUT2D eigenvalue weighted by Crippen LogP contribution is -2.37. The van der Waals surface area contributed by atoms with Gasteiger partial charge in [0.2, 0.25) is 0 Å². The van der Waals surface area contributed by atoms with Crippen LogP contribution in [0, 0.1) is 0 Å². The number of hydrogen-bond acceptors (Lipinski definition) is 2. The van der Waals surface area contributed by atoms with E-state index in [9.17, 15) is 4.79 Å². The van der Waals surface area contributed by atoms with E-state index in [0.29, 0.717) is 0 Å². The summed E-state index contributed by atoms with van der Waals surface area (Å²) in [5.74, 6) is 2.27. The van der Waals surface area contributed by atoms with Gasteiger partial charge < -0.3 is 4.90 Å². The first-order valence-corrected chi connectivity index (χ1v) is 6.85. The molecule has 2 nitrogen and oxygen atoms in total. The standard InChI is InChI=1S/C11H12BrNOS/c12-10-3-1-9(2-4-10)11(14)13-5-7-15-8-6-13/h1-4H,5-8H2. The number of benzene rings is 1. The predicted molar refractivity (Wildman–Crippen MR) is 67.4 cm³/mol. The molecule has 2 rings (SSSR count). The second-order valence-corrected chi connectivity index (χ2v) is 5.55. The topological polar surface area (TPSA) is 20.3 Å². The van der Waals surface area contributed by atoms with Crippen LogP contribution in [0.1, 0.15) is 10.4 Å². The Balaban J connectivity index is 2.09. The van der Waals surface area contributed by atoms with Crippen LogP contribution in [0.3, 0.4) is 0 Å². The zero-order valence-electron chi connectivity index (χ0n) is 8.28. The Morgan fingerprint density at radius 1 is 1.20 bits per heavy atom. The second kappa shape index (κ2) is 5.03. The number of rotatable bonds is 1. The minimum Gasteiger partial charge on any atom is -0.337 e. The molecule has 1 aromatic carbocycles. The minimum atomic E-state index is 0.155. The molecule has 15 heavy (non-hydrogen) atoms.